The number of hydrogen-bond donors (Lipinski definition) is 0. The lowest BCUT2D eigenvalue weighted by Gasteiger charge is -2.11. The van der Waals surface area contributed by atoms with Crippen molar-refractivity contribution in [3.63, 3.8) is 0 Å². The van der Waals surface area contributed by atoms with Crippen molar-refractivity contribution in [2.45, 2.75) is 9.79 Å². The molecule has 7 rings (SSSR count). The number of rotatable bonds is 8. The molecular formula is C38H26O6S2. The predicted molar refractivity (Wildman–Crippen MR) is 181 cm³/mol. The molecule has 0 atom stereocenters. The number of fused-ring (bicyclic) bond motifs is 2. The summed E-state index contributed by atoms with van der Waals surface area (Å²) in [5.74, 6) is 0.441. The Morgan fingerprint density at radius 3 is 1.00 bits per heavy atom. The molecule has 6 nitrogen and oxygen atoms in total. The quantitative estimate of drug-likeness (QED) is 0.154. The third kappa shape index (κ3) is 5.83. The van der Waals surface area contributed by atoms with Gasteiger partial charge in [-0.05, 0) is 69.4 Å². The van der Waals surface area contributed by atoms with Gasteiger partial charge in [0.15, 0.2) is 0 Å². The Hall–Kier alpha value is -5.44. The van der Waals surface area contributed by atoms with Gasteiger partial charge in [-0.2, -0.15) is 16.8 Å². The standard InChI is InChI=1S/C38H26O6S2/c39-45(40,37-13-5-9-31-7-1-3-11-35(31)37)43-33-23-19-29(20-24-33)27-15-17-28(18-16-27)30-21-25-34(26-22-30)44-46(41,42)38-14-6-10-32-8-2-4-12-36(32)38/h1-26H. The molecule has 0 aromatic heterocycles. The monoisotopic (exact) mass is 642 g/mol. The van der Waals surface area contributed by atoms with Crippen LogP contribution in [0, 0.1) is 0 Å². The zero-order valence-corrected chi connectivity index (χ0v) is 25.9. The molecule has 0 aliphatic heterocycles. The van der Waals surface area contributed by atoms with Crippen molar-refractivity contribution in [3.05, 3.63) is 158 Å². The molecule has 46 heavy (non-hydrogen) atoms. The first-order valence-corrected chi connectivity index (χ1v) is 17.2. The van der Waals surface area contributed by atoms with E-state index in [2.05, 4.69) is 0 Å². The average Bonchev–Trinajstić information content (AvgIpc) is 3.08. The Morgan fingerprint density at radius 1 is 0.326 bits per heavy atom. The summed E-state index contributed by atoms with van der Waals surface area (Å²) in [5.41, 5.74) is 3.66. The van der Waals surface area contributed by atoms with E-state index in [0.29, 0.717) is 10.8 Å². The first kappa shape index (κ1) is 29.3. The molecule has 0 unspecified atom stereocenters. The third-order valence-electron chi connectivity index (χ3n) is 7.71. The van der Waals surface area contributed by atoms with Crippen molar-refractivity contribution in [1.29, 1.82) is 0 Å². The lowest BCUT2D eigenvalue weighted by Crippen LogP contribution is -2.10. The summed E-state index contributed by atoms with van der Waals surface area (Å²) in [6, 6.07) is 46.4. The second-order valence-corrected chi connectivity index (χ2v) is 13.7. The summed E-state index contributed by atoms with van der Waals surface area (Å²) in [4.78, 5) is 0.243. The van der Waals surface area contributed by atoms with E-state index in [4.69, 9.17) is 8.37 Å². The fourth-order valence-corrected chi connectivity index (χ4v) is 7.74. The normalized spacial score (nSPS) is 11.8. The fourth-order valence-electron chi connectivity index (χ4n) is 5.43. The molecule has 0 radical (unpaired) electrons. The molecule has 0 N–H and O–H groups in total. The molecule has 0 saturated carbocycles. The highest BCUT2D eigenvalue weighted by Gasteiger charge is 2.21. The molecular weight excluding hydrogens is 617 g/mol. The Labute approximate surface area is 267 Å². The van der Waals surface area contributed by atoms with E-state index >= 15 is 0 Å². The van der Waals surface area contributed by atoms with Crippen LogP contribution in [0.5, 0.6) is 11.5 Å². The van der Waals surface area contributed by atoms with Crippen molar-refractivity contribution >= 4 is 41.8 Å². The van der Waals surface area contributed by atoms with Crippen LogP contribution < -0.4 is 8.37 Å². The molecule has 0 bridgehead atoms. The molecule has 0 saturated heterocycles. The summed E-state index contributed by atoms with van der Waals surface area (Å²) in [6.45, 7) is 0. The Kier molecular flexibility index (Phi) is 7.52. The van der Waals surface area contributed by atoms with Crippen molar-refractivity contribution in [2.24, 2.45) is 0 Å². The largest absolute Gasteiger partial charge is 0.379 e. The van der Waals surface area contributed by atoms with Gasteiger partial charge >= 0.3 is 20.2 Å². The summed E-state index contributed by atoms with van der Waals surface area (Å²) < 4.78 is 63.3. The topological polar surface area (TPSA) is 86.7 Å². The van der Waals surface area contributed by atoms with E-state index in [0.717, 1.165) is 33.0 Å². The lowest BCUT2D eigenvalue weighted by molar-refractivity contribution is 0.485. The van der Waals surface area contributed by atoms with Crippen LogP contribution in [0.3, 0.4) is 0 Å². The average molecular weight is 643 g/mol. The van der Waals surface area contributed by atoms with Gasteiger partial charge in [0.05, 0.1) is 0 Å². The fraction of sp³-hybridized carbons (Fsp3) is 0. The van der Waals surface area contributed by atoms with Gasteiger partial charge in [0.2, 0.25) is 0 Å². The van der Waals surface area contributed by atoms with Gasteiger partial charge in [0, 0.05) is 10.8 Å². The van der Waals surface area contributed by atoms with Gasteiger partial charge in [-0.3, -0.25) is 0 Å². The highest BCUT2D eigenvalue weighted by atomic mass is 32.2. The maximum absolute atomic E-state index is 13.1. The van der Waals surface area contributed by atoms with Crippen LogP contribution in [0.15, 0.2) is 168 Å². The smallest absolute Gasteiger partial charge is 0.339 e. The molecule has 0 aliphatic carbocycles. The minimum Gasteiger partial charge on any atom is -0.379 e. The summed E-state index contributed by atoms with van der Waals surface area (Å²) in [6.07, 6.45) is 0. The summed E-state index contributed by atoms with van der Waals surface area (Å²) in [5, 5.41) is 2.85. The van der Waals surface area contributed by atoms with Crippen molar-refractivity contribution < 1.29 is 25.2 Å². The molecule has 0 fully saturated rings. The molecule has 226 valence electrons. The van der Waals surface area contributed by atoms with Crippen molar-refractivity contribution in [1.82, 2.24) is 0 Å². The Balaban J connectivity index is 1.04. The van der Waals surface area contributed by atoms with Crippen LogP contribution in [-0.2, 0) is 20.2 Å². The van der Waals surface area contributed by atoms with E-state index in [1.54, 1.807) is 72.8 Å². The number of hydrogen-bond acceptors (Lipinski definition) is 6. The van der Waals surface area contributed by atoms with Crippen LogP contribution in [0.1, 0.15) is 0 Å². The van der Waals surface area contributed by atoms with Crippen LogP contribution in [0.2, 0.25) is 0 Å². The second-order valence-electron chi connectivity index (χ2n) is 10.7. The highest BCUT2D eigenvalue weighted by Crippen LogP contribution is 2.31. The summed E-state index contributed by atoms with van der Waals surface area (Å²) in [7, 11) is -8.06. The number of benzene rings is 7. The van der Waals surface area contributed by atoms with E-state index in [9.17, 15) is 16.8 Å². The van der Waals surface area contributed by atoms with E-state index in [1.165, 1.54) is 0 Å². The van der Waals surface area contributed by atoms with E-state index < -0.39 is 20.2 Å². The molecule has 8 heteroatoms. The minimum absolute atomic E-state index is 0.122. The van der Waals surface area contributed by atoms with Crippen molar-refractivity contribution in [2.75, 3.05) is 0 Å². The molecule has 0 spiro atoms. The molecule has 7 aromatic rings. The van der Waals surface area contributed by atoms with Gasteiger partial charge < -0.3 is 8.37 Å². The van der Waals surface area contributed by atoms with Gasteiger partial charge in [0.25, 0.3) is 0 Å². The zero-order chi connectivity index (χ0) is 31.7. The Bertz CT molecular complexity index is 2230. The zero-order valence-electron chi connectivity index (χ0n) is 24.3. The van der Waals surface area contributed by atoms with Gasteiger partial charge in [0.1, 0.15) is 21.3 Å². The molecule has 0 heterocycles. The Morgan fingerprint density at radius 2 is 0.630 bits per heavy atom. The van der Waals surface area contributed by atoms with E-state index in [1.807, 2.05) is 84.9 Å². The second kappa shape index (κ2) is 11.8. The third-order valence-corrected chi connectivity index (χ3v) is 10.3. The maximum atomic E-state index is 13.1. The first-order valence-electron chi connectivity index (χ1n) is 14.4. The van der Waals surface area contributed by atoms with Gasteiger partial charge in [-0.1, -0.05) is 121 Å². The van der Waals surface area contributed by atoms with Crippen LogP contribution >= 0.6 is 0 Å². The van der Waals surface area contributed by atoms with Crippen LogP contribution in [0.4, 0.5) is 0 Å². The maximum Gasteiger partial charge on any atom is 0.339 e. The highest BCUT2D eigenvalue weighted by molar-refractivity contribution is 7.87. The molecule has 0 amide bonds. The SMILES string of the molecule is O=S(=O)(Oc1ccc(-c2ccc(-c3ccc(OS(=O)(=O)c4cccc5ccccc45)cc3)cc2)cc1)c1cccc2ccccc12. The van der Waals surface area contributed by atoms with Gasteiger partial charge in [-0.15, -0.1) is 0 Å². The lowest BCUT2D eigenvalue weighted by atomic mass is 10.0. The summed E-state index contributed by atoms with van der Waals surface area (Å²) >= 11 is 0. The molecule has 7 aromatic carbocycles. The first-order chi connectivity index (χ1) is 22.3. The van der Waals surface area contributed by atoms with Crippen molar-refractivity contribution in [3.8, 4) is 33.8 Å². The molecule has 0 aliphatic rings. The minimum atomic E-state index is -4.03. The predicted octanol–water partition coefficient (Wildman–Crippen LogP) is 8.86. The van der Waals surface area contributed by atoms with Gasteiger partial charge in [-0.25, -0.2) is 0 Å². The van der Waals surface area contributed by atoms with Crippen LogP contribution in [0.25, 0.3) is 43.8 Å². The van der Waals surface area contributed by atoms with Crippen LogP contribution in [-0.4, -0.2) is 16.8 Å². The van der Waals surface area contributed by atoms with E-state index in [-0.39, 0.29) is 21.3 Å².